The van der Waals surface area contributed by atoms with Gasteiger partial charge in [0.05, 0.1) is 10.6 Å². The molecule has 2 N–H and O–H groups in total. The number of amides is 2. The van der Waals surface area contributed by atoms with Crippen LogP contribution in [0, 0.1) is 0 Å². The van der Waals surface area contributed by atoms with Crippen LogP contribution in [0.15, 0.2) is 42.5 Å². The quantitative estimate of drug-likeness (QED) is 0.905. The lowest BCUT2D eigenvalue weighted by Gasteiger charge is -2.17. The molecule has 2 aromatic rings. The van der Waals surface area contributed by atoms with E-state index in [1.165, 1.54) is 0 Å². The molecule has 1 aliphatic heterocycles. The van der Waals surface area contributed by atoms with E-state index >= 15 is 0 Å². The van der Waals surface area contributed by atoms with Crippen molar-refractivity contribution in [2.45, 2.75) is 19.3 Å². The van der Waals surface area contributed by atoms with E-state index in [9.17, 15) is 9.59 Å². The Balaban J connectivity index is 1.58. The van der Waals surface area contributed by atoms with E-state index in [-0.39, 0.29) is 11.8 Å². The van der Waals surface area contributed by atoms with Crippen molar-refractivity contribution in [3.05, 3.63) is 64.2 Å². The molecule has 4 nitrogen and oxygen atoms in total. The zero-order valence-corrected chi connectivity index (χ0v) is 13.3. The summed E-state index contributed by atoms with van der Waals surface area (Å²) in [6.45, 7) is 0.537. The second kappa shape index (κ2) is 6.84. The van der Waals surface area contributed by atoms with E-state index in [0.717, 1.165) is 29.7 Å². The van der Waals surface area contributed by atoms with Gasteiger partial charge < -0.3 is 10.6 Å². The van der Waals surface area contributed by atoms with E-state index in [1.807, 2.05) is 12.1 Å². The Labute approximate surface area is 139 Å². The second-order valence-corrected chi connectivity index (χ2v) is 5.93. The molecule has 23 heavy (non-hydrogen) atoms. The molecule has 0 aromatic heterocycles. The first-order chi connectivity index (χ1) is 11.1. The smallest absolute Gasteiger partial charge is 0.252 e. The molecule has 1 heterocycles. The summed E-state index contributed by atoms with van der Waals surface area (Å²) in [5.41, 5.74) is 3.67. The Morgan fingerprint density at radius 1 is 1.17 bits per heavy atom. The number of hydrogen-bond donors (Lipinski definition) is 2. The van der Waals surface area contributed by atoms with Crippen LogP contribution < -0.4 is 10.6 Å². The highest BCUT2D eigenvalue weighted by atomic mass is 35.5. The molecule has 0 bridgehead atoms. The summed E-state index contributed by atoms with van der Waals surface area (Å²) >= 11 is 6.01. The van der Waals surface area contributed by atoms with Gasteiger partial charge in [-0.15, -0.1) is 0 Å². The first kappa shape index (κ1) is 15.6. The number of rotatable bonds is 4. The Bertz CT molecular complexity index is 758. The van der Waals surface area contributed by atoms with Crippen molar-refractivity contribution in [2.75, 3.05) is 11.9 Å². The van der Waals surface area contributed by atoms with Gasteiger partial charge in [0.15, 0.2) is 0 Å². The van der Waals surface area contributed by atoms with Crippen LogP contribution in [0.2, 0.25) is 5.02 Å². The summed E-state index contributed by atoms with van der Waals surface area (Å²) in [6, 6.07) is 13.0. The maximum Gasteiger partial charge on any atom is 0.252 e. The minimum Gasteiger partial charge on any atom is -0.352 e. The highest BCUT2D eigenvalue weighted by Gasteiger charge is 2.14. The van der Waals surface area contributed by atoms with Crippen LogP contribution in [0.1, 0.15) is 27.9 Å². The number of halogens is 1. The molecule has 0 unspecified atom stereocenters. The van der Waals surface area contributed by atoms with Gasteiger partial charge in [0, 0.05) is 18.7 Å². The number of benzene rings is 2. The van der Waals surface area contributed by atoms with Crippen molar-refractivity contribution >= 4 is 29.1 Å². The molecule has 2 amide bonds. The highest BCUT2D eigenvalue weighted by molar-refractivity contribution is 6.33. The molecular weight excluding hydrogens is 312 g/mol. The predicted octanol–water partition coefficient (Wildman–Crippen LogP) is 3.20. The Morgan fingerprint density at radius 3 is 2.83 bits per heavy atom. The Hall–Kier alpha value is -2.33. The van der Waals surface area contributed by atoms with Crippen LogP contribution >= 0.6 is 11.6 Å². The molecule has 3 rings (SSSR count). The van der Waals surface area contributed by atoms with Crippen molar-refractivity contribution in [1.29, 1.82) is 0 Å². The third-order valence-corrected chi connectivity index (χ3v) is 4.21. The van der Waals surface area contributed by atoms with Gasteiger partial charge in [0.2, 0.25) is 5.91 Å². The Kier molecular flexibility index (Phi) is 4.63. The maximum atomic E-state index is 12.1. The zero-order chi connectivity index (χ0) is 16.2. The van der Waals surface area contributed by atoms with E-state index in [0.29, 0.717) is 23.6 Å². The molecule has 118 valence electrons. The SMILES string of the molecule is O=C1CCc2cc(CCNC(=O)c3ccccc3Cl)ccc2N1. The van der Waals surface area contributed by atoms with Gasteiger partial charge in [0.1, 0.15) is 0 Å². The van der Waals surface area contributed by atoms with Crippen LogP contribution in [-0.2, 0) is 17.6 Å². The normalized spacial score (nSPS) is 13.2. The second-order valence-electron chi connectivity index (χ2n) is 5.53. The van der Waals surface area contributed by atoms with Crippen LogP contribution in [0.3, 0.4) is 0 Å². The number of hydrogen-bond acceptors (Lipinski definition) is 2. The molecule has 0 fully saturated rings. The Morgan fingerprint density at radius 2 is 2.00 bits per heavy atom. The number of carbonyl (C=O) groups is 2. The average molecular weight is 329 g/mol. The average Bonchev–Trinajstić information content (AvgIpc) is 2.55. The van der Waals surface area contributed by atoms with E-state index in [1.54, 1.807) is 24.3 Å². The molecule has 0 saturated carbocycles. The van der Waals surface area contributed by atoms with Gasteiger partial charge in [-0.1, -0.05) is 35.9 Å². The van der Waals surface area contributed by atoms with Crippen molar-refractivity contribution in [3.8, 4) is 0 Å². The molecule has 0 saturated heterocycles. The van der Waals surface area contributed by atoms with Crippen LogP contribution in [0.25, 0.3) is 0 Å². The van der Waals surface area contributed by atoms with Crippen LogP contribution in [0.4, 0.5) is 5.69 Å². The first-order valence-corrected chi connectivity index (χ1v) is 7.95. The molecule has 1 aliphatic rings. The molecular formula is C18H17ClN2O2. The molecule has 2 aromatic carbocycles. The number of nitrogens with one attached hydrogen (secondary N) is 2. The fraction of sp³-hybridized carbons (Fsp3) is 0.222. The minimum absolute atomic E-state index is 0.0669. The summed E-state index contributed by atoms with van der Waals surface area (Å²) in [5.74, 6) is -0.0990. The van der Waals surface area contributed by atoms with Gasteiger partial charge >= 0.3 is 0 Å². The summed E-state index contributed by atoms with van der Waals surface area (Å²) < 4.78 is 0. The monoisotopic (exact) mass is 328 g/mol. The maximum absolute atomic E-state index is 12.1. The lowest BCUT2D eigenvalue weighted by molar-refractivity contribution is -0.116. The predicted molar refractivity (Wildman–Crippen MR) is 90.9 cm³/mol. The first-order valence-electron chi connectivity index (χ1n) is 7.58. The largest absolute Gasteiger partial charge is 0.352 e. The molecule has 0 spiro atoms. The van der Waals surface area contributed by atoms with Crippen LogP contribution in [-0.4, -0.2) is 18.4 Å². The van der Waals surface area contributed by atoms with Gasteiger partial charge in [-0.3, -0.25) is 9.59 Å². The number of anilines is 1. The zero-order valence-electron chi connectivity index (χ0n) is 12.6. The lowest BCUT2D eigenvalue weighted by atomic mass is 9.99. The standard InChI is InChI=1S/C18H17ClN2O2/c19-15-4-2-1-3-14(15)18(23)20-10-9-12-5-7-16-13(11-12)6-8-17(22)21-16/h1-5,7,11H,6,8-10H2,(H,20,23)(H,21,22). The molecule has 5 heteroatoms. The van der Waals surface area contributed by atoms with E-state index in [2.05, 4.69) is 16.7 Å². The number of carbonyl (C=O) groups excluding carboxylic acids is 2. The minimum atomic E-state index is -0.166. The summed E-state index contributed by atoms with van der Waals surface area (Å²) in [6.07, 6.45) is 2.03. The summed E-state index contributed by atoms with van der Waals surface area (Å²) in [4.78, 5) is 23.4. The fourth-order valence-corrected chi connectivity index (χ4v) is 2.87. The van der Waals surface area contributed by atoms with Gasteiger partial charge in [-0.25, -0.2) is 0 Å². The summed E-state index contributed by atoms with van der Waals surface area (Å²) in [7, 11) is 0. The highest BCUT2D eigenvalue weighted by Crippen LogP contribution is 2.23. The molecule has 0 atom stereocenters. The van der Waals surface area contributed by atoms with Gasteiger partial charge in [-0.2, -0.15) is 0 Å². The van der Waals surface area contributed by atoms with E-state index < -0.39 is 0 Å². The van der Waals surface area contributed by atoms with E-state index in [4.69, 9.17) is 11.6 Å². The fourth-order valence-electron chi connectivity index (χ4n) is 2.65. The van der Waals surface area contributed by atoms with Crippen molar-refractivity contribution in [3.63, 3.8) is 0 Å². The number of aryl methyl sites for hydroxylation is 1. The molecule has 0 radical (unpaired) electrons. The van der Waals surface area contributed by atoms with Crippen molar-refractivity contribution in [2.24, 2.45) is 0 Å². The third kappa shape index (κ3) is 3.71. The third-order valence-electron chi connectivity index (χ3n) is 3.88. The van der Waals surface area contributed by atoms with Gasteiger partial charge in [0.25, 0.3) is 5.91 Å². The topological polar surface area (TPSA) is 58.2 Å². The van der Waals surface area contributed by atoms with Crippen molar-refractivity contribution < 1.29 is 9.59 Å². The van der Waals surface area contributed by atoms with Gasteiger partial charge in [-0.05, 0) is 42.2 Å². The molecule has 0 aliphatic carbocycles. The lowest BCUT2D eigenvalue weighted by Crippen LogP contribution is -2.26. The van der Waals surface area contributed by atoms with Crippen LogP contribution in [0.5, 0.6) is 0 Å². The van der Waals surface area contributed by atoms with Crippen molar-refractivity contribution in [1.82, 2.24) is 5.32 Å². The number of fused-ring (bicyclic) bond motifs is 1. The summed E-state index contributed by atoms with van der Waals surface area (Å²) in [5, 5.41) is 6.20.